The molecule has 2 aromatic rings. The Morgan fingerprint density at radius 2 is 2.32 bits per heavy atom. The van der Waals surface area contributed by atoms with Crippen molar-refractivity contribution in [2.45, 2.75) is 24.5 Å². The maximum absolute atomic E-state index is 12.9. The van der Waals surface area contributed by atoms with Crippen molar-refractivity contribution in [3.63, 3.8) is 0 Å². The van der Waals surface area contributed by atoms with Crippen molar-refractivity contribution < 1.29 is 9.59 Å². The molecule has 0 radical (unpaired) electrons. The molecule has 3 rings (SSSR count). The lowest BCUT2D eigenvalue weighted by Crippen LogP contribution is -2.57. The number of aromatic nitrogens is 2. The molecule has 1 saturated heterocycles. The van der Waals surface area contributed by atoms with Gasteiger partial charge >= 0.3 is 0 Å². The van der Waals surface area contributed by atoms with Gasteiger partial charge in [-0.05, 0) is 24.8 Å². The maximum Gasteiger partial charge on any atom is 0.275 e. The highest BCUT2D eigenvalue weighted by Crippen LogP contribution is 2.22. The van der Waals surface area contributed by atoms with Gasteiger partial charge in [-0.2, -0.15) is 0 Å². The van der Waals surface area contributed by atoms with E-state index in [4.69, 9.17) is 0 Å². The molecule has 0 bridgehead atoms. The zero-order valence-corrected chi connectivity index (χ0v) is 13.4. The smallest absolute Gasteiger partial charge is 0.275 e. The quantitative estimate of drug-likeness (QED) is 0.869. The highest BCUT2D eigenvalue weighted by Gasteiger charge is 2.34. The van der Waals surface area contributed by atoms with Crippen LogP contribution in [-0.2, 0) is 4.79 Å². The average Bonchev–Trinajstić information content (AvgIpc) is 2.93. The van der Waals surface area contributed by atoms with Crippen LogP contribution in [0.3, 0.4) is 0 Å². The minimum atomic E-state index is -0.417. The fraction of sp³-hybridized carbons (Fsp3) is 0.400. The molecule has 0 aromatic carbocycles. The third kappa shape index (κ3) is 2.35. The number of rotatable bonds is 3. The SMILES string of the molecule is CCC1C(=O)NCCN1C(=O)c1nc(SC)n2ccccc12. The summed E-state index contributed by atoms with van der Waals surface area (Å²) in [6.45, 7) is 2.92. The molecule has 0 saturated carbocycles. The Kier molecular flexibility index (Phi) is 4.06. The standard InChI is InChI=1S/C15H18N4O2S/c1-3-10-13(20)16-7-9-18(10)14(21)12-11-6-4-5-8-19(11)15(17-12)22-2/h4-6,8,10H,3,7,9H2,1-2H3,(H,16,20). The molecular weight excluding hydrogens is 300 g/mol. The van der Waals surface area contributed by atoms with E-state index in [1.54, 1.807) is 4.90 Å². The Labute approximate surface area is 132 Å². The molecule has 116 valence electrons. The first-order valence-corrected chi connectivity index (χ1v) is 8.49. The van der Waals surface area contributed by atoms with Crippen LogP contribution >= 0.6 is 11.8 Å². The maximum atomic E-state index is 12.9. The van der Waals surface area contributed by atoms with Gasteiger partial charge in [-0.1, -0.05) is 24.8 Å². The number of nitrogens with one attached hydrogen (secondary N) is 1. The first-order valence-electron chi connectivity index (χ1n) is 7.27. The van der Waals surface area contributed by atoms with Crippen LogP contribution in [-0.4, -0.2) is 51.5 Å². The number of fused-ring (bicyclic) bond motifs is 1. The van der Waals surface area contributed by atoms with Crippen LogP contribution in [0, 0.1) is 0 Å². The average molecular weight is 318 g/mol. The summed E-state index contributed by atoms with van der Waals surface area (Å²) in [5, 5.41) is 3.58. The molecule has 6 nitrogen and oxygen atoms in total. The summed E-state index contributed by atoms with van der Waals surface area (Å²) < 4.78 is 1.91. The van der Waals surface area contributed by atoms with Crippen molar-refractivity contribution in [3.05, 3.63) is 30.1 Å². The van der Waals surface area contributed by atoms with Gasteiger partial charge in [0.05, 0.1) is 5.52 Å². The number of hydrogen-bond acceptors (Lipinski definition) is 4. The lowest BCUT2D eigenvalue weighted by molar-refractivity contribution is -0.127. The first kappa shape index (κ1) is 14.9. The van der Waals surface area contributed by atoms with E-state index in [2.05, 4.69) is 10.3 Å². The van der Waals surface area contributed by atoms with Gasteiger partial charge in [0.1, 0.15) is 6.04 Å². The Balaban J connectivity index is 2.03. The lowest BCUT2D eigenvalue weighted by atomic mass is 10.1. The van der Waals surface area contributed by atoms with Gasteiger partial charge in [0, 0.05) is 19.3 Å². The molecule has 2 amide bonds. The van der Waals surface area contributed by atoms with Crippen LogP contribution in [0.4, 0.5) is 0 Å². The summed E-state index contributed by atoms with van der Waals surface area (Å²) in [6, 6.07) is 5.26. The summed E-state index contributed by atoms with van der Waals surface area (Å²) in [7, 11) is 0. The molecule has 22 heavy (non-hydrogen) atoms. The molecule has 1 atom stereocenters. The number of pyridine rings is 1. The van der Waals surface area contributed by atoms with Crippen molar-refractivity contribution >= 4 is 29.1 Å². The minimum Gasteiger partial charge on any atom is -0.353 e. The molecule has 1 fully saturated rings. The van der Waals surface area contributed by atoms with Gasteiger partial charge in [-0.15, -0.1) is 0 Å². The summed E-state index contributed by atoms with van der Waals surface area (Å²) in [6.07, 6.45) is 4.42. The van der Waals surface area contributed by atoms with Crippen LogP contribution in [0.1, 0.15) is 23.8 Å². The van der Waals surface area contributed by atoms with Crippen LogP contribution in [0.15, 0.2) is 29.6 Å². The highest BCUT2D eigenvalue weighted by atomic mass is 32.2. The first-order chi connectivity index (χ1) is 10.7. The van der Waals surface area contributed by atoms with Crippen molar-refractivity contribution in [1.29, 1.82) is 0 Å². The predicted octanol–water partition coefficient (Wildman–Crippen LogP) is 1.41. The second-order valence-electron chi connectivity index (χ2n) is 5.12. The van der Waals surface area contributed by atoms with Crippen LogP contribution in [0.5, 0.6) is 0 Å². The largest absolute Gasteiger partial charge is 0.353 e. The van der Waals surface area contributed by atoms with E-state index >= 15 is 0 Å². The van der Waals surface area contributed by atoms with E-state index in [0.29, 0.717) is 25.2 Å². The Morgan fingerprint density at radius 1 is 1.50 bits per heavy atom. The van der Waals surface area contributed by atoms with Crippen LogP contribution in [0.25, 0.3) is 5.52 Å². The van der Waals surface area contributed by atoms with Gasteiger partial charge in [0.25, 0.3) is 5.91 Å². The molecule has 1 aliphatic rings. The molecule has 0 aliphatic carbocycles. The molecule has 1 N–H and O–H groups in total. The second-order valence-corrected chi connectivity index (χ2v) is 5.89. The topological polar surface area (TPSA) is 66.7 Å². The zero-order valence-electron chi connectivity index (χ0n) is 12.6. The second kappa shape index (κ2) is 6.00. The molecular formula is C15H18N4O2S. The number of amides is 2. The number of imidazole rings is 1. The third-order valence-electron chi connectivity index (χ3n) is 3.88. The fourth-order valence-corrected chi connectivity index (χ4v) is 3.35. The van der Waals surface area contributed by atoms with Crippen LogP contribution < -0.4 is 5.32 Å². The number of carbonyl (C=O) groups excluding carboxylic acids is 2. The van der Waals surface area contributed by atoms with Gasteiger partial charge in [-0.25, -0.2) is 4.98 Å². The van der Waals surface area contributed by atoms with Crippen molar-refractivity contribution in [3.8, 4) is 0 Å². The summed E-state index contributed by atoms with van der Waals surface area (Å²) >= 11 is 1.49. The number of hydrogen-bond donors (Lipinski definition) is 1. The monoisotopic (exact) mass is 318 g/mol. The zero-order chi connectivity index (χ0) is 15.7. The highest BCUT2D eigenvalue weighted by molar-refractivity contribution is 7.98. The molecule has 0 spiro atoms. The van der Waals surface area contributed by atoms with Gasteiger partial charge in [0.15, 0.2) is 10.9 Å². The van der Waals surface area contributed by atoms with Gasteiger partial charge in [0.2, 0.25) is 5.91 Å². The molecule has 2 aromatic heterocycles. The Bertz CT molecular complexity index is 727. The number of carbonyl (C=O) groups is 2. The molecule has 7 heteroatoms. The number of nitrogens with zero attached hydrogens (tertiary/aromatic N) is 3. The van der Waals surface area contributed by atoms with Gasteiger partial charge < -0.3 is 10.2 Å². The lowest BCUT2D eigenvalue weighted by Gasteiger charge is -2.34. The summed E-state index contributed by atoms with van der Waals surface area (Å²) in [5.74, 6) is -0.263. The third-order valence-corrected chi connectivity index (χ3v) is 4.53. The molecule has 3 heterocycles. The molecule has 1 unspecified atom stereocenters. The normalized spacial score (nSPS) is 18.5. The predicted molar refractivity (Wildman–Crippen MR) is 85.1 cm³/mol. The van der Waals surface area contributed by atoms with E-state index in [9.17, 15) is 9.59 Å². The summed E-state index contributed by atoms with van der Waals surface area (Å²) in [4.78, 5) is 31.0. The van der Waals surface area contributed by atoms with Crippen molar-refractivity contribution in [2.24, 2.45) is 0 Å². The Hall–Kier alpha value is -2.02. The van der Waals surface area contributed by atoms with E-state index in [1.807, 2.05) is 42.0 Å². The minimum absolute atomic E-state index is 0.0873. The molecule has 1 aliphatic heterocycles. The van der Waals surface area contributed by atoms with Crippen LogP contribution in [0.2, 0.25) is 0 Å². The number of thioether (sulfide) groups is 1. The van der Waals surface area contributed by atoms with E-state index in [-0.39, 0.29) is 11.8 Å². The fourth-order valence-electron chi connectivity index (χ4n) is 2.81. The van der Waals surface area contributed by atoms with E-state index in [1.165, 1.54) is 11.8 Å². The van der Waals surface area contributed by atoms with Gasteiger partial charge in [-0.3, -0.25) is 14.0 Å². The van der Waals surface area contributed by atoms with E-state index < -0.39 is 6.04 Å². The van der Waals surface area contributed by atoms with Crippen molar-refractivity contribution in [1.82, 2.24) is 19.6 Å². The summed E-state index contributed by atoms with van der Waals surface area (Å²) in [5.41, 5.74) is 1.19. The van der Waals surface area contributed by atoms with Crippen molar-refractivity contribution in [2.75, 3.05) is 19.3 Å². The Morgan fingerprint density at radius 3 is 3.05 bits per heavy atom. The number of piperazine rings is 1. The van der Waals surface area contributed by atoms with E-state index in [0.717, 1.165) is 10.7 Å².